The second kappa shape index (κ2) is 9.96. The number of hydrogen-bond donors (Lipinski definition) is 0. The van der Waals surface area contributed by atoms with Crippen LogP contribution in [-0.4, -0.2) is 6.29 Å². The zero-order valence-corrected chi connectivity index (χ0v) is 4.55. The van der Waals surface area contributed by atoms with Crippen LogP contribution in [0.25, 0.3) is 0 Å². The molecule has 0 bridgehead atoms. The molecule has 4 heavy (non-hydrogen) atoms. The van der Waals surface area contributed by atoms with Gasteiger partial charge < -0.3 is 0 Å². The van der Waals surface area contributed by atoms with Gasteiger partial charge in [-0.05, 0) is 0 Å². The fourth-order valence-corrected chi connectivity index (χ4v) is 0. The molecule has 0 atom stereocenters. The Bertz CT molecular complexity index is 13.5. The topological polar surface area (TPSA) is 17.1 Å². The van der Waals surface area contributed by atoms with Gasteiger partial charge in [-0.1, -0.05) is 0 Å². The first-order valence-electron chi connectivity index (χ1n) is 0.704. The molecule has 0 aliphatic carbocycles. The van der Waals surface area contributed by atoms with E-state index in [1.54, 1.807) is 0 Å². The summed E-state index contributed by atoms with van der Waals surface area (Å²) in [6.07, 6.45) is 1.50. The smallest absolute Gasteiger partial charge is 0.195 e. The van der Waals surface area contributed by atoms with Gasteiger partial charge in [0, 0.05) is 29.3 Å². The molecule has 0 aromatic carbocycles. The number of carbonyl (C=O) groups excluding carboxylic acids is 1. The van der Waals surface area contributed by atoms with Crippen LogP contribution in [0.1, 0.15) is 6.92 Å². The van der Waals surface area contributed by atoms with E-state index in [1.807, 2.05) is 0 Å². The standard InChI is InChI=1S/C2H3O.Nb/c1-2-3;/h1H3;. The van der Waals surface area contributed by atoms with E-state index in [-0.39, 0.29) is 22.4 Å². The minimum atomic E-state index is 0. The van der Waals surface area contributed by atoms with Gasteiger partial charge in [-0.3, -0.25) is 4.79 Å². The molecule has 0 saturated carbocycles. The summed E-state index contributed by atoms with van der Waals surface area (Å²) in [5.74, 6) is 0. The summed E-state index contributed by atoms with van der Waals surface area (Å²) in [6.45, 7) is 1.32. The second-order valence-corrected chi connectivity index (χ2v) is 0.204. The molecular weight excluding hydrogens is 133 g/mol. The average molecular weight is 136 g/mol. The molecule has 0 aliphatic heterocycles. The fraction of sp³-hybridized carbons (Fsp3) is 0.500. The second-order valence-electron chi connectivity index (χ2n) is 0.204. The maximum atomic E-state index is 8.68. The Hall–Kier alpha value is 0.410. The molecule has 0 rings (SSSR count). The Labute approximate surface area is 40.9 Å². The van der Waals surface area contributed by atoms with Crippen LogP contribution >= 0.6 is 0 Å². The van der Waals surface area contributed by atoms with Crippen molar-refractivity contribution in [2.75, 3.05) is 0 Å². The van der Waals surface area contributed by atoms with Crippen molar-refractivity contribution in [2.24, 2.45) is 0 Å². The van der Waals surface area contributed by atoms with Gasteiger partial charge in [0.2, 0.25) is 0 Å². The molecule has 0 unspecified atom stereocenters. The monoisotopic (exact) mass is 136 g/mol. The first-order chi connectivity index (χ1) is 1.41. The summed E-state index contributed by atoms with van der Waals surface area (Å²) in [7, 11) is 0. The van der Waals surface area contributed by atoms with Crippen LogP contribution in [0.4, 0.5) is 0 Å². The normalized spacial score (nSPS) is 3.25. The fourth-order valence-electron chi connectivity index (χ4n) is 0. The molecule has 0 amide bonds. The van der Waals surface area contributed by atoms with E-state index >= 15 is 0 Å². The summed E-state index contributed by atoms with van der Waals surface area (Å²) in [5, 5.41) is 0. The molecule has 0 N–H and O–H groups in total. The predicted molar refractivity (Wildman–Crippen MR) is 11.4 cm³/mol. The van der Waals surface area contributed by atoms with E-state index < -0.39 is 0 Å². The SMILES string of the molecule is C[C]=O.[Nb]. The number of hydrogen-bond acceptors (Lipinski definition) is 1. The third-order valence-electron chi connectivity index (χ3n) is 0. The van der Waals surface area contributed by atoms with Crippen LogP contribution < -0.4 is 0 Å². The molecule has 22 valence electrons. The maximum Gasteiger partial charge on any atom is 0.195 e. The van der Waals surface area contributed by atoms with Crippen molar-refractivity contribution < 1.29 is 27.2 Å². The van der Waals surface area contributed by atoms with E-state index in [2.05, 4.69) is 0 Å². The van der Waals surface area contributed by atoms with Gasteiger partial charge in [0.25, 0.3) is 0 Å². The minimum absolute atomic E-state index is 0. The van der Waals surface area contributed by atoms with Gasteiger partial charge in [-0.15, -0.1) is 0 Å². The molecule has 2 heteroatoms. The van der Waals surface area contributed by atoms with E-state index in [0.29, 0.717) is 0 Å². The van der Waals surface area contributed by atoms with Crippen molar-refractivity contribution in [1.29, 1.82) is 0 Å². The van der Waals surface area contributed by atoms with Gasteiger partial charge in [0.15, 0.2) is 6.29 Å². The molecule has 0 spiro atoms. The van der Waals surface area contributed by atoms with Crippen molar-refractivity contribution in [3.63, 3.8) is 0 Å². The van der Waals surface area contributed by atoms with Crippen LogP contribution in [-0.2, 0) is 27.2 Å². The minimum Gasteiger partial charge on any atom is -0.291 e. The Kier molecular flexibility index (Phi) is 22.0. The third-order valence-corrected chi connectivity index (χ3v) is 0. The van der Waals surface area contributed by atoms with E-state index in [9.17, 15) is 0 Å². The van der Waals surface area contributed by atoms with Crippen molar-refractivity contribution in [1.82, 2.24) is 0 Å². The molecule has 2 radical (unpaired) electrons. The first-order valence-corrected chi connectivity index (χ1v) is 0.704. The maximum absolute atomic E-state index is 8.68. The van der Waals surface area contributed by atoms with Crippen molar-refractivity contribution in [3.05, 3.63) is 0 Å². The van der Waals surface area contributed by atoms with Crippen molar-refractivity contribution in [3.8, 4) is 0 Å². The molecule has 1 nitrogen and oxygen atoms in total. The summed E-state index contributed by atoms with van der Waals surface area (Å²) < 4.78 is 0. The van der Waals surface area contributed by atoms with Crippen LogP contribution in [0.15, 0.2) is 0 Å². The van der Waals surface area contributed by atoms with Crippen molar-refractivity contribution in [2.45, 2.75) is 6.92 Å². The summed E-state index contributed by atoms with van der Waals surface area (Å²) >= 11 is 0. The molecule has 0 heterocycles. The van der Waals surface area contributed by atoms with Gasteiger partial charge in [0.05, 0.1) is 0 Å². The van der Waals surface area contributed by atoms with E-state index in [1.165, 1.54) is 13.2 Å². The zero-order chi connectivity index (χ0) is 2.71. The molecule has 0 saturated heterocycles. The zero-order valence-electron chi connectivity index (χ0n) is 2.36. The van der Waals surface area contributed by atoms with Gasteiger partial charge in [0.1, 0.15) is 0 Å². The van der Waals surface area contributed by atoms with Crippen LogP contribution in [0.5, 0.6) is 0 Å². The Balaban J connectivity index is 0. The van der Waals surface area contributed by atoms with Crippen LogP contribution in [0.2, 0.25) is 0 Å². The van der Waals surface area contributed by atoms with Crippen LogP contribution in [0, 0.1) is 0 Å². The summed E-state index contributed by atoms with van der Waals surface area (Å²) in [4.78, 5) is 8.68. The third kappa shape index (κ3) is 28.5. The first kappa shape index (κ1) is 8.83. The van der Waals surface area contributed by atoms with E-state index in [0.717, 1.165) is 0 Å². The predicted octanol–water partition coefficient (Wildman–Crippen LogP) is 0.113. The van der Waals surface area contributed by atoms with E-state index in [4.69, 9.17) is 4.79 Å². The van der Waals surface area contributed by atoms with Gasteiger partial charge >= 0.3 is 0 Å². The summed E-state index contributed by atoms with van der Waals surface area (Å²) in [6, 6.07) is 0. The molecule has 0 aromatic heterocycles. The Morgan fingerprint density at radius 2 is 1.75 bits per heavy atom. The molecule has 0 aromatic rings. The van der Waals surface area contributed by atoms with Gasteiger partial charge in [-0.2, -0.15) is 0 Å². The Morgan fingerprint density at radius 3 is 1.75 bits per heavy atom. The summed E-state index contributed by atoms with van der Waals surface area (Å²) in [5.41, 5.74) is 0. The van der Waals surface area contributed by atoms with Gasteiger partial charge in [-0.25, -0.2) is 0 Å². The molecular formula is C2H3NbO. The molecule has 0 aliphatic rings. The number of rotatable bonds is 0. The Morgan fingerprint density at radius 1 is 1.75 bits per heavy atom. The largest absolute Gasteiger partial charge is 0.291 e. The van der Waals surface area contributed by atoms with Crippen LogP contribution in [0.3, 0.4) is 0 Å². The average Bonchev–Trinajstić information content (AvgIpc) is 0.918. The van der Waals surface area contributed by atoms with Crippen molar-refractivity contribution >= 4 is 6.29 Å². The quantitative estimate of drug-likeness (QED) is 0.432. The molecule has 0 fully saturated rings.